The number of fused-ring (bicyclic) bond motifs is 1. The van der Waals surface area contributed by atoms with Crippen LogP contribution in [0.4, 0.5) is 5.69 Å². The van der Waals surface area contributed by atoms with Crippen molar-refractivity contribution in [1.82, 2.24) is 4.90 Å². The molecule has 144 valence electrons. The number of amides is 1. The molecule has 2 N–H and O–H groups in total. The van der Waals surface area contributed by atoms with Crippen LogP contribution in [0.2, 0.25) is 0 Å². The minimum absolute atomic E-state index is 0.0929. The summed E-state index contributed by atoms with van der Waals surface area (Å²) in [5, 5.41) is 16.0. The molecule has 3 aromatic carbocycles. The molecule has 1 amide bonds. The number of likely N-dealkylation sites (tertiary alicyclic amines) is 1. The Labute approximate surface area is 165 Å². The average Bonchev–Trinajstić information content (AvgIpc) is 2.72. The molecule has 1 fully saturated rings. The molecule has 4 nitrogen and oxygen atoms in total. The summed E-state index contributed by atoms with van der Waals surface area (Å²) in [5.74, 6) is -0.187. The average molecular weight is 374 g/mol. The number of rotatable bonds is 4. The van der Waals surface area contributed by atoms with Gasteiger partial charge in [0.15, 0.2) is 0 Å². The summed E-state index contributed by atoms with van der Waals surface area (Å²) in [7, 11) is 0. The third-order valence-electron chi connectivity index (χ3n) is 5.60. The highest BCUT2D eigenvalue weighted by atomic mass is 16.3. The molecule has 0 saturated carbocycles. The lowest BCUT2D eigenvalue weighted by molar-refractivity contribution is 0.102. The summed E-state index contributed by atoms with van der Waals surface area (Å²) < 4.78 is 0. The number of carbonyl (C=O) groups is 1. The first kappa shape index (κ1) is 18.5. The Morgan fingerprint density at radius 3 is 2.54 bits per heavy atom. The summed E-state index contributed by atoms with van der Waals surface area (Å²) in [5.41, 5.74) is 2.92. The quantitative estimate of drug-likeness (QED) is 0.669. The molecule has 1 aliphatic rings. The molecule has 0 aliphatic carbocycles. The number of nitrogens with one attached hydrogen (secondary N) is 1. The number of para-hydroxylation sites is 1. The summed E-state index contributed by atoms with van der Waals surface area (Å²) in [6, 6.07) is 17.4. The number of carbonyl (C=O) groups excluding carboxylic acids is 1. The summed E-state index contributed by atoms with van der Waals surface area (Å²) in [4.78, 5) is 15.4. The van der Waals surface area contributed by atoms with Gasteiger partial charge in [-0.2, -0.15) is 0 Å². The number of piperidine rings is 1. The van der Waals surface area contributed by atoms with Crippen LogP contribution in [0.25, 0.3) is 10.8 Å². The van der Waals surface area contributed by atoms with E-state index in [4.69, 9.17) is 0 Å². The van der Waals surface area contributed by atoms with Crippen molar-refractivity contribution in [2.24, 2.45) is 0 Å². The molecule has 0 radical (unpaired) electrons. The first-order chi connectivity index (χ1) is 13.6. The van der Waals surface area contributed by atoms with Crippen molar-refractivity contribution >= 4 is 22.4 Å². The van der Waals surface area contributed by atoms with Crippen molar-refractivity contribution < 1.29 is 9.90 Å². The number of phenols is 1. The van der Waals surface area contributed by atoms with E-state index >= 15 is 0 Å². The standard InChI is InChI=1S/C24H26N2O2/c1-17-9-3-6-12-22(17)25-24(28)20-15-18-10-4-5-11-19(18)21(23(20)27)16-26-13-7-2-8-14-26/h3-6,9-12,15,27H,2,7-8,13-14,16H2,1H3,(H,25,28). The van der Waals surface area contributed by atoms with Crippen LogP contribution in [-0.4, -0.2) is 29.0 Å². The van der Waals surface area contributed by atoms with Gasteiger partial charge >= 0.3 is 0 Å². The lowest BCUT2D eigenvalue weighted by atomic mass is 9.97. The van der Waals surface area contributed by atoms with Gasteiger partial charge in [-0.05, 0) is 61.3 Å². The number of aromatic hydroxyl groups is 1. The van der Waals surface area contributed by atoms with Gasteiger partial charge in [-0.1, -0.05) is 48.9 Å². The van der Waals surface area contributed by atoms with Gasteiger partial charge in [-0.15, -0.1) is 0 Å². The number of hydrogen-bond donors (Lipinski definition) is 2. The zero-order chi connectivity index (χ0) is 19.5. The predicted molar refractivity (Wildman–Crippen MR) is 114 cm³/mol. The molecule has 4 heteroatoms. The number of aryl methyl sites for hydroxylation is 1. The van der Waals surface area contributed by atoms with Crippen LogP contribution < -0.4 is 5.32 Å². The van der Waals surface area contributed by atoms with Crippen molar-refractivity contribution in [3.8, 4) is 5.75 Å². The van der Waals surface area contributed by atoms with E-state index in [1.54, 1.807) is 6.07 Å². The first-order valence-corrected chi connectivity index (χ1v) is 9.96. The Balaban J connectivity index is 1.73. The second-order valence-corrected chi connectivity index (χ2v) is 7.58. The highest BCUT2D eigenvalue weighted by molar-refractivity contribution is 6.09. The fourth-order valence-corrected chi connectivity index (χ4v) is 3.99. The van der Waals surface area contributed by atoms with Gasteiger partial charge in [0.25, 0.3) is 5.91 Å². The Bertz CT molecular complexity index is 1010. The highest BCUT2D eigenvalue weighted by Gasteiger charge is 2.21. The molecule has 1 heterocycles. The number of phenolic OH excluding ortho intramolecular Hbond substituents is 1. The van der Waals surface area contributed by atoms with Crippen molar-refractivity contribution in [1.29, 1.82) is 0 Å². The van der Waals surface area contributed by atoms with Crippen LogP contribution in [-0.2, 0) is 6.54 Å². The van der Waals surface area contributed by atoms with Gasteiger partial charge in [0, 0.05) is 17.8 Å². The minimum Gasteiger partial charge on any atom is -0.507 e. The Morgan fingerprint density at radius 2 is 1.75 bits per heavy atom. The SMILES string of the molecule is Cc1ccccc1NC(=O)c1cc2ccccc2c(CN2CCCCC2)c1O. The third kappa shape index (κ3) is 3.73. The van der Waals surface area contributed by atoms with Gasteiger partial charge in [-0.25, -0.2) is 0 Å². The van der Waals surface area contributed by atoms with Crippen LogP contribution in [0.1, 0.15) is 40.7 Å². The summed E-state index contributed by atoms with van der Waals surface area (Å²) in [6.07, 6.45) is 3.64. The van der Waals surface area contributed by atoms with E-state index in [9.17, 15) is 9.90 Å². The third-order valence-corrected chi connectivity index (χ3v) is 5.60. The lowest BCUT2D eigenvalue weighted by Gasteiger charge is -2.27. The van der Waals surface area contributed by atoms with E-state index in [2.05, 4.69) is 10.2 Å². The molecule has 0 bridgehead atoms. The van der Waals surface area contributed by atoms with Gasteiger partial charge in [0.05, 0.1) is 5.56 Å². The fourth-order valence-electron chi connectivity index (χ4n) is 3.99. The molecule has 0 aromatic heterocycles. The van der Waals surface area contributed by atoms with E-state index < -0.39 is 0 Å². The zero-order valence-electron chi connectivity index (χ0n) is 16.2. The van der Waals surface area contributed by atoms with E-state index in [1.165, 1.54) is 19.3 Å². The minimum atomic E-state index is -0.280. The molecular weight excluding hydrogens is 348 g/mol. The fraction of sp³-hybridized carbons (Fsp3) is 0.292. The number of nitrogens with zero attached hydrogens (tertiary/aromatic N) is 1. The van der Waals surface area contributed by atoms with E-state index in [-0.39, 0.29) is 11.7 Å². The van der Waals surface area contributed by atoms with Crippen molar-refractivity contribution in [3.05, 3.63) is 71.3 Å². The Morgan fingerprint density at radius 1 is 1.04 bits per heavy atom. The molecule has 4 rings (SSSR count). The molecule has 28 heavy (non-hydrogen) atoms. The van der Waals surface area contributed by atoms with Gasteiger partial charge in [-0.3, -0.25) is 9.69 Å². The second kappa shape index (κ2) is 8.03. The topological polar surface area (TPSA) is 52.6 Å². The second-order valence-electron chi connectivity index (χ2n) is 7.58. The molecule has 0 unspecified atom stereocenters. The van der Waals surface area contributed by atoms with Gasteiger partial charge in [0.1, 0.15) is 5.75 Å². The monoisotopic (exact) mass is 374 g/mol. The normalized spacial score (nSPS) is 14.9. The first-order valence-electron chi connectivity index (χ1n) is 9.96. The van der Waals surface area contributed by atoms with E-state index in [1.807, 2.05) is 55.5 Å². The van der Waals surface area contributed by atoms with Crippen LogP contribution in [0.5, 0.6) is 5.75 Å². The van der Waals surface area contributed by atoms with E-state index in [0.29, 0.717) is 12.1 Å². The summed E-state index contributed by atoms with van der Waals surface area (Å²) >= 11 is 0. The lowest BCUT2D eigenvalue weighted by Crippen LogP contribution is -2.29. The largest absolute Gasteiger partial charge is 0.507 e. The van der Waals surface area contributed by atoms with Crippen LogP contribution in [0, 0.1) is 6.92 Å². The molecule has 1 aliphatic heterocycles. The Kier molecular flexibility index (Phi) is 5.31. The zero-order valence-corrected chi connectivity index (χ0v) is 16.2. The van der Waals surface area contributed by atoms with E-state index in [0.717, 1.165) is 40.7 Å². The van der Waals surface area contributed by atoms with Crippen LogP contribution in [0.3, 0.4) is 0 Å². The highest BCUT2D eigenvalue weighted by Crippen LogP contribution is 2.33. The van der Waals surface area contributed by atoms with Crippen LogP contribution >= 0.6 is 0 Å². The van der Waals surface area contributed by atoms with Crippen molar-refractivity contribution in [3.63, 3.8) is 0 Å². The molecular formula is C24H26N2O2. The predicted octanol–water partition coefficient (Wildman–Crippen LogP) is 5.09. The number of hydrogen-bond acceptors (Lipinski definition) is 3. The smallest absolute Gasteiger partial charge is 0.259 e. The maximum Gasteiger partial charge on any atom is 0.259 e. The van der Waals surface area contributed by atoms with Crippen molar-refractivity contribution in [2.45, 2.75) is 32.7 Å². The number of benzene rings is 3. The molecule has 0 atom stereocenters. The maximum absolute atomic E-state index is 13.0. The maximum atomic E-state index is 13.0. The molecule has 0 spiro atoms. The van der Waals surface area contributed by atoms with Gasteiger partial charge < -0.3 is 10.4 Å². The summed E-state index contributed by atoms with van der Waals surface area (Å²) in [6.45, 7) is 4.69. The van der Waals surface area contributed by atoms with Crippen molar-refractivity contribution in [2.75, 3.05) is 18.4 Å². The molecule has 1 saturated heterocycles. The molecule has 3 aromatic rings. The van der Waals surface area contributed by atoms with Gasteiger partial charge in [0.2, 0.25) is 0 Å². The van der Waals surface area contributed by atoms with Crippen LogP contribution in [0.15, 0.2) is 54.6 Å². The number of anilines is 1. The Hall–Kier alpha value is -2.85.